The summed E-state index contributed by atoms with van der Waals surface area (Å²) < 4.78 is 20.7. The Bertz CT molecular complexity index is 528. The van der Waals surface area contributed by atoms with Crippen molar-refractivity contribution in [1.82, 2.24) is 0 Å². The summed E-state index contributed by atoms with van der Waals surface area (Å²) in [7, 11) is 0. The number of aliphatic hydroxyl groups is 1. The maximum absolute atomic E-state index is 11.3. The van der Waals surface area contributed by atoms with Crippen LogP contribution in [0.4, 0.5) is 0 Å². The third-order valence-electron chi connectivity index (χ3n) is 3.78. The zero-order valence-electron chi connectivity index (χ0n) is 13.8. The van der Waals surface area contributed by atoms with Gasteiger partial charge in [0, 0.05) is 20.3 Å². The number of carbonyl (C=O) groups is 3. The van der Waals surface area contributed by atoms with Gasteiger partial charge in [0.1, 0.15) is 18.3 Å². The molecule has 2 heterocycles. The van der Waals surface area contributed by atoms with Crippen LogP contribution in [-0.2, 0) is 33.3 Å². The van der Waals surface area contributed by atoms with Crippen molar-refractivity contribution in [2.24, 2.45) is 0 Å². The first-order chi connectivity index (χ1) is 11.3. The van der Waals surface area contributed by atoms with Gasteiger partial charge in [-0.3, -0.25) is 14.4 Å². The minimum Gasteiger partial charge on any atom is -0.459 e. The van der Waals surface area contributed by atoms with Crippen LogP contribution in [0.3, 0.4) is 0 Å². The Balaban J connectivity index is 1.93. The molecule has 0 aliphatic carbocycles. The SMILES string of the molecule is CC(=O)OC(C)C(C=CC1OC1C1OC(=O)CCC1O)OC(C)=O. The van der Waals surface area contributed by atoms with E-state index in [1.807, 2.05) is 0 Å². The lowest BCUT2D eigenvalue weighted by molar-refractivity contribution is -0.165. The number of hydrogen-bond acceptors (Lipinski definition) is 8. The maximum atomic E-state index is 11.3. The Labute approximate surface area is 139 Å². The van der Waals surface area contributed by atoms with Gasteiger partial charge in [-0.25, -0.2) is 0 Å². The summed E-state index contributed by atoms with van der Waals surface area (Å²) >= 11 is 0. The predicted octanol–water partition coefficient (Wildman–Crippen LogP) is 0.260. The van der Waals surface area contributed by atoms with Crippen LogP contribution < -0.4 is 0 Å². The molecular weight excluding hydrogens is 320 g/mol. The molecule has 0 spiro atoms. The summed E-state index contributed by atoms with van der Waals surface area (Å²) in [5.41, 5.74) is 0. The summed E-state index contributed by atoms with van der Waals surface area (Å²) in [4.78, 5) is 33.5. The van der Waals surface area contributed by atoms with Crippen molar-refractivity contribution in [3.63, 3.8) is 0 Å². The van der Waals surface area contributed by atoms with E-state index in [0.29, 0.717) is 6.42 Å². The van der Waals surface area contributed by atoms with Gasteiger partial charge in [0.2, 0.25) is 0 Å². The topological polar surface area (TPSA) is 112 Å². The lowest BCUT2D eigenvalue weighted by atomic mass is 10.0. The van der Waals surface area contributed by atoms with Crippen LogP contribution in [0.25, 0.3) is 0 Å². The van der Waals surface area contributed by atoms with E-state index in [9.17, 15) is 19.5 Å². The van der Waals surface area contributed by atoms with Gasteiger partial charge in [0.25, 0.3) is 0 Å². The molecule has 0 bridgehead atoms. The normalized spacial score (nSPS) is 31.9. The second-order valence-corrected chi connectivity index (χ2v) is 5.90. The summed E-state index contributed by atoms with van der Waals surface area (Å²) in [6.07, 6.45) is 0.103. The number of cyclic esters (lactones) is 1. The average Bonchev–Trinajstić information content (AvgIpc) is 3.24. The molecule has 8 nitrogen and oxygen atoms in total. The van der Waals surface area contributed by atoms with Gasteiger partial charge in [0.05, 0.1) is 6.10 Å². The Hall–Kier alpha value is -1.93. The number of rotatable bonds is 6. The molecule has 1 N–H and O–H groups in total. The highest BCUT2D eigenvalue weighted by Gasteiger charge is 2.50. The highest BCUT2D eigenvalue weighted by atomic mass is 16.6. The summed E-state index contributed by atoms with van der Waals surface area (Å²) in [5.74, 6) is -1.34. The van der Waals surface area contributed by atoms with Crippen LogP contribution >= 0.6 is 0 Å². The third kappa shape index (κ3) is 5.04. The zero-order valence-corrected chi connectivity index (χ0v) is 13.8. The monoisotopic (exact) mass is 342 g/mol. The standard InChI is InChI=1S/C16H22O8/c1-8(21-9(2)17)12(22-10(3)18)5-6-13-16(23-13)15-11(19)4-7-14(20)24-15/h5-6,8,11-13,15-16,19H,4,7H2,1-3H3. The molecule has 2 saturated heterocycles. The Morgan fingerprint density at radius 2 is 1.92 bits per heavy atom. The quantitative estimate of drug-likeness (QED) is 0.317. The van der Waals surface area contributed by atoms with E-state index in [1.54, 1.807) is 19.1 Å². The van der Waals surface area contributed by atoms with Gasteiger partial charge in [-0.15, -0.1) is 0 Å². The molecule has 8 heteroatoms. The minimum absolute atomic E-state index is 0.194. The van der Waals surface area contributed by atoms with Crippen LogP contribution in [0.2, 0.25) is 0 Å². The van der Waals surface area contributed by atoms with Crippen LogP contribution in [0.1, 0.15) is 33.6 Å². The highest BCUT2D eigenvalue weighted by Crippen LogP contribution is 2.33. The van der Waals surface area contributed by atoms with Crippen molar-refractivity contribution in [3.8, 4) is 0 Å². The molecule has 2 aliphatic heterocycles. The number of aliphatic hydroxyl groups excluding tert-OH is 1. The molecule has 0 aromatic carbocycles. The largest absolute Gasteiger partial charge is 0.459 e. The second-order valence-electron chi connectivity index (χ2n) is 5.90. The van der Waals surface area contributed by atoms with Crippen LogP contribution in [0, 0.1) is 0 Å². The molecule has 0 aromatic heterocycles. The summed E-state index contributed by atoms with van der Waals surface area (Å²) in [6.45, 7) is 4.14. The number of hydrogen-bond donors (Lipinski definition) is 1. The molecule has 0 aromatic rings. The van der Waals surface area contributed by atoms with E-state index >= 15 is 0 Å². The molecule has 2 fully saturated rings. The molecule has 2 rings (SSSR count). The third-order valence-corrected chi connectivity index (χ3v) is 3.78. The number of esters is 3. The Kier molecular flexibility index (Phi) is 5.95. The zero-order chi connectivity index (χ0) is 17.9. The van der Waals surface area contributed by atoms with Crippen molar-refractivity contribution in [3.05, 3.63) is 12.2 Å². The number of carbonyl (C=O) groups excluding carboxylic acids is 3. The van der Waals surface area contributed by atoms with Crippen molar-refractivity contribution in [2.45, 2.75) is 70.2 Å². The lowest BCUT2D eigenvalue weighted by Crippen LogP contribution is -2.41. The first-order valence-electron chi connectivity index (χ1n) is 7.83. The van der Waals surface area contributed by atoms with Crippen LogP contribution in [0.5, 0.6) is 0 Å². The van der Waals surface area contributed by atoms with Gasteiger partial charge < -0.3 is 24.1 Å². The maximum Gasteiger partial charge on any atom is 0.306 e. The highest BCUT2D eigenvalue weighted by molar-refractivity contribution is 5.70. The van der Waals surface area contributed by atoms with E-state index in [4.69, 9.17) is 18.9 Å². The molecule has 134 valence electrons. The molecule has 24 heavy (non-hydrogen) atoms. The van der Waals surface area contributed by atoms with Gasteiger partial charge >= 0.3 is 17.9 Å². The Morgan fingerprint density at radius 1 is 1.25 bits per heavy atom. The minimum atomic E-state index is -0.755. The van der Waals surface area contributed by atoms with E-state index in [-0.39, 0.29) is 18.5 Å². The Morgan fingerprint density at radius 3 is 2.54 bits per heavy atom. The van der Waals surface area contributed by atoms with Crippen molar-refractivity contribution in [2.75, 3.05) is 0 Å². The molecular formula is C16H22O8. The molecule has 0 amide bonds. The van der Waals surface area contributed by atoms with Crippen molar-refractivity contribution in [1.29, 1.82) is 0 Å². The first kappa shape index (κ1) is 18.4. The van der Waals surface area contributed by atoms with Crippen LogP contribution in [0.15, 0.2) is 12.2 Å². The number of ether oxygens (including phenoxy) is 4. The van der Waals surface area contributed by atoms with Crippen molar-refractivity contribution >= 4 is 17.9 Å². The van der Waals surface area contributed by atoms with Gasteiger partial charge in [-0.1, -0.05) is 6.08 Å². The van der Waals surface area contributed by atoms with Crippen molar-refractivity contribution < 1.29 is 38.4 Å². The van der Waals surface area contributed by atoms with Gasteiger partial charge in [-0.05, 0) is 19.4 Å². The lowest BCUT2D eigenvalue weighted by Gasteiger charge is -2.26. The molecule has 2 aliphatic rings. The van der Waals surface area contributed by atoms with E-state index < -0.39 is 42.5 Å². The van der Waals surface area contributed by atoms with Gasteiger partial charge in [-0.2, -0.15) is 0 Å². The fourth-order valence-corrected chi connectivity index (χ4v) is 2.59. The molecule has 6 unspecified atom stereocenters. The second kappa shape index (κ2) is 7.76. The molecule has 0 radical (unpaired) electrons. The molecule has 6 atom stereocenters. The van der Waals surface area contributed by atoms with E-state index in [2.05, 4.69) is 0 Å². The van der Waals surface area contributed by atoms with E-state index in [1.165, 1.54) is 13.8 Å². The molecule has 0 saturated carbocycles. The predicted molar refractivity (Wildman–Crippen MR) is 79.7 cm³/mol. The first-order valence-corrected chi connectivity index (χ1v) is 7.83. The van der Waals surface area contributed by atoms with Crippen LogP contribution in [-0.4, -0.2) is 59.6 Å². The summed E-state index contributed by atoms with van der Waals surface area (Å²) in [6, 6.07) is 0. The van der Waals surface area contributed by atoms with Gasteiger partial charge in [0.15, 0.2) is 12.2 Å². The summed E-state index contributed by atoms with van der Waals surface area (Å²) in [5, 5.41) is 9.89. The fourth-order valence-electron chi connectivity index (χ4n) is 2.59. The average molecular weight is 342 g/mol. The fraction of sp³-hybridized carbons (Fsp3) is 0.688. The number of epoxide rings is 1. The smallest absolute Gasteiger partial charge is 0.306 e. The van der Waals surface area contributed by atoms with E-state index in [0.717, 1.165) is 0 Å².